The number of carbonyl (C=O) groups is 2. The molecule has 1 saturated carbocycles. The van der Waals surface area contributed by atoms with Gasteiger partial charge in [0.2, 0.25) is 0 Å². The van der Waals surface area contributed by atoms with Crippen molar-refractivity contribution in [3.63, 3.8) is 0 Å². The number of amides is 1. The molecule has 1 aliphatic rings. The van der Waals surface area contributed by atoms with Crippen LogP contribution in [-0.2, 0) is 0 Å². The van der Waals surface area contributed by atoms with Crippen LogP contribution >= 0.6 is 0 Å². The molecule has 0 radical (unpaired) electrons. The summed E-state index contributed by atoms with van der Waals surface area (Å²) in [4.78, 5) is 24.6. The Labute approximate surface area is 154 Å². The number of nitrogens with one attached hydrogen (secondary N) is 1. The zero-order chi connectivity index (χ0) is 18.6. The second-order valence-corrected chi connectivity index (χ2v) is 7.04. The Morgan fingerprint density at radius 2 is 1.58 bits per heavy atom. The van der Waals surface area contributed by atoms with Crippen LogP contribution in [0.15, 0.2) is 48.5 Å². The fourth-order valence-electron chi connectivity index (χ4n) is 3.60. The minimum Gasteiger partial charge on any atom is -0.394 e. The van der Waals surface area contributed by atoms with E-state index < -0.39 is 5.54 Å². The van der Waals surface area contributed by atoms with E-state index in [4.69, 9.17) is 0 Å². The number of hydrogen-bond acceptors (Lipinski definition) is 3. The molecule has 4 heteroatoms. The number of Topliss-reactive ketones (excluding diaryl/α,β-unsaturated/α-hetero) is 1. The Morgan fingerprint density at radius 1 is 1.00 bits per heavy atom. The smallest absolute Gasteiger partial charge is 0.251 e. The lowest BCUT2D eigenvalue weighted by Gasteiger charge is -2.28. The molecule has 2 aromatic carbocycles. The van der Waals surface area contributed by atoms with Crippen molar-refractivity contribution in [2.45, 2.75) is 44.6 Å². The van der Waals surface area contributed by atoms with Gasteiger partial charge in [0.1, 0.15) is 0 Å². The minimum atomic E-state index is -0.486. The van der Waals surface area contributed by atoms with Crippen LogP contribution in [-0.4, -0.2) is 28.9 Å². The van der Waals surface area contributed by atoms with Crippen molar-refractivity contribution in [2.24, 2.45) is 0 Å². The number of benzene rings is 2. The van der Waals surface area contributed by atoms with Gasteiger partial charge >= 0.3 is 0 Å². The van der Waals surface area contributed by atoms with Gasteiger partial charge in [0, 0.05) is 17.5 Å². The van der Waals surface area contributed by atoms with Gasteiger partial charge in [-0.05, 0) is 42.2 Å². The maximum absolute atomic E-state index is 12.7. The lowest BCUT2D eigenvalue weighted by atomic mass is 9.96. The molecule has 0 spiro atoms. The van der Waals surface area contributed by atoms with Gasteiger partial charge in [-0.3, -0.25) is 9.59 Å². The van der Waals surface area contributed by atoms with E-state index in [1.807, 2.05) is 49.4 Å². The van der Waals surface area contributed by atoms with E-state index in [1.54, 1.807) is 6.07 Å². The van der Waals surface area contributed by atoms with Crippen LogP contribution in [0, 0.1) is 0 Å². The molecule has 3 rings (SSSR count). The van der Waals surface area contributed by atoms with Crippen LogP contribution in [0.2, 0.25) is 0 Å². The van der Waals surface area contributed by atoms with Gasteiger partial charge in [-0.15, -0.1) is 0 Å². The molecule has 0 bridgehead atoms. The molecule has 2 aromatic rings. The fourth-order valence-corrected chi connectivity index (χ4v) is 3.60. The summed E-state index contributed by atoms with van der Waals surface area (Å²) in [6.45, 7) is 1.82. The standard InChI is InChI=1S/C22H25NO3/c1-2-20(25)18-9-5-7-16(13-18)17-8-6-10-19(14-17)21(26)23-22(15-24)11-3-4-12-22/h5-10,13-14,24H,2-4,11-12,15H2,1H3,(H,23,26). The number of ketones is 1. The van der Waals surface area contributed by atoms with Crippen LogP contribution in [0.25, 0.3) is 11.1 Å². The maximum Gasteiger partial charge on any atom is 0.251 e. The molecule has 0 heterocycles. The molecule has 136 valence electrons. The van der Waals surface area contributed by atoms with E-state index in [9.17, 15) is 14.7 Å². The highest BCUT2D eigenvalue weighted by atomic mass is 16.3. The van der Waals surface area contributed by atoms with Gasteiger partial charge in [-0.25, -0.2) is 0 Å². The summed E-state index contributed by atoms with van der Waals surface area (Å²) in [5.41, 5.74) is 2.57. The normalized spacial score (nSPS) is 15.6. The average molecular weight is 351 g/mol. The summed E-state index contributed by atoms with van der Waals surface area (Å²) in [6, 6.07) is 14.9. The Bertz CT molecular complexity index is 807. The van der Waals surface area contributed by atoms with E-state index in [0.717, 1.165) is 36.8 Å². The summed E-state index contributed by atoms with van der Waals surface area (Å²) in [5.74, 6) is -0.0598. The van der Waals surface area contributed by atoms with Crippen LogP contribution in [0.4, 0.5) is 0 Å². The molecule has 0 aromatic heterocycles. The summed E-state index contributed by atoms with van der Waals surface area (Å²) < 4.78 is 0. The monoisotopic (exact) mass is 351 g/mol. The highest BCUT2D eigenvalue weighted by Crippen LogP contribution is 2.30. The van der Waals surface area contributed by atoms with E-state index >= 15 is 0 Å². The first-order valence-electron chi connectivity index (χ1n) is 9.24. The molecule has 1 fully saturated rings. The minimum absolute atomic E-state index is 0.0282. The molecule has 0 aliphatic heterocycles. The van der Waals surface area contributed by atoms with Crippen molar-refractivity contribution >= 4 is 11.7 Å². The Hall–Kier alpha value is -2.46. The Morgan fingerprint density at radius 3 is 2.15 bits per heavy atom. The zero-order valence-electron chi connectivity index (χ0n) is 15.1. The maximum atomic E-state index is 12.7. The van der Waals surface area contributed by atoms with Crippen molar-refractivity contribution in [3.8, 4) is 11.1 Å². The first kappa shape index (κ1) is 18.3. The topological polar surface area (TPSA) is 66.4 Å². The highest BCUT2D eigenvalue weighted by molar-refractivity contribution is 5.98. The van der Waals surface area contributed by atoms with Crippen molar-refractivity contribution in [1.82, 2.24) is 5.32 Å². The van der Waals surface area contributed by atoms with Crippen LogP contribution < -0.4 is 5.32 Å². The van der Waals surface area contributed by atoms with Gasteiger partial charge < -0.3 is 10.4 Å². The van der Waals surface area contributed by atoms with E-state index in [-0.39, 0.29) is 18.3 Å². The molecule has 4 nitrogen and oxygen atoms in total. The number of aliphatic hydroxyl groups excluding tert-OH is 1. The Kier molecular flexibility index (Phi) is 5.52. The third-order valence-electron chi connectivity index (χ3n) is 5.21. The number of hydrogen-bond donors (Lipinski definition) is 2. The molecule has 26 heavy (non-hydrogen) atoms. The SMILES string of the molecule is CCC(=O)c1cccc(-c2cccc(C(=O)NC3(CO)CCCC3)c2)c1. The molecule has 1 amide bonds. The highest BCUT2D eigenvalue weighted by Gasteiger charge is 2.34. The predicted octanol–water partition coefficient (Wildman–Crippen LogP) is 3.98. The Balaban J connectivity index is 1.84. The molecule has 2 N–H and O–H groups in total. The van der Waals surface area contributed by atoms with Crippen LogP contribution in [0.5, 0.6) is 0 Å². The third-order valence-corrected chi connectivity index (χ3v) is 5.21. The first-order valence-corrected chi connectivity index (χ1v) is 9.24. The number of aliphatic hydroxyl groups is 1. The van der Waals surface area contributed by atoms with Crippen molar-refractivity contribution in [2.75, 3.05) is 6.61 Å². The lowest BCUT2D eigenvalue weighted by Crippen LogP contribution is -2.49. The second-order valence-electron chi connectivity index (χ2n) is 7.04. The molecule has 0 unspecified atom stereocenters. The van der Waals surface area contributed by atoms with Gasteiger partial charge in [0.15, 0.2) is 5.78 Å². The van der Waals surface area contributed by atoms with E-state index in [2.05, 4.69) is 5.32 Å². The van der Waals surface area contributed by atoms with E-state index in [1.165, 1.54) is 0 Å². The largest absolute Gasteiger partial charge is 0.394 e. The van der Waals surface area contributed by atoms with Gasteiger partial charge in [-0.1, -0.05) is 50.1 Å². The predicted molar refractivity (Wildman–Crippen MR) is 102 cm³/mol. The van der Waals surface area contributed by atoms with Gasteiger partial charge in [0.25, 0.3) is 5.91 Å². The van der Waals surface area contributed by atoms with Crippen LogP contribution in [0.3, 0.4) is 0 Å². The summed E-state index contributed by atoms with van der Waals surface area (Å²) in [6.07, 6.45) is 4.15. The number of rotatable bonds is 6. The second kappa shape index (κ2) is 7.83. The molecule has 0 atom stereocenters. The van der Waals surface area contributed by atoms with E-state index in [0.29, 0.717) is 17.5 Å². The molecule has 0 saturated heterocycles. The molecule has 1 aliphatic carbocycles. The lowest BCUT2D eigenvalue weighted by molar-refractivity contribution is 0.0838. The zero-order valence-corrected chi connectivity index (χ0v) is 15.1. The average Bonchev–Trinajstić information content (AvgIpc) is 3.16. The molecular formula is C22H25NO3. The van der Waals surface area contributed by atoms with Crippen molar-refractivity contribution in [3.05, 3.63) is 59.7 Å². The quantitative estimate of drug-likeness (QED) is 0.774. The first-order chi connectivity index (χ1) is 12.6. The summed E-state index contributed by atoms with van der Waals surface area (Å²) >= 11 is 0. The fraction of sp³-hybridized carbons (Fsp3) is 0.364. The van der Waals surface area contributed by atoms with Gasteiger partial charge in [0.05, 0.1) is 12.1 Å². The van der Waals surface area contributed by atoms with Crippen molar-refractivity contribution < 1.29 is 14.7 Å². The van der Waals surface area contributed by atoms with Crippen LogP contribution in [0.1, 0.15) is 59.7 Å². The van der Waals surface area contributed by atoms with Gasteiger partial charge in [-0.2, -0.15) is 0 Å². The number of carbonyl (C=O) groups excluding carboxylic acids is 2. The summed E-state index contributed by atoms with van der Waals surface area (Å²) in [5, 5.41) is 12.7. The van der Waals surface area contributed by atoms with Crippen molar-refractivity contribution in [1.29, 1.82) is 0 Å². The third kappa shape index (κ3) is 3.86. The summed E-state index contributed by atoms with van der Waals surface area (Å²) in [7, 11) is 0. The molecular weight excluding hydrogens is 326 g/mol.